The molecular weight excluding hydrogens is 230 g/mol. The van der Waals surface area contributed by atoms with Crippen molar-refractivity contribution in [1.82, 2.24) is 4.98 Å². The van der Waals surface area contributed by atoms with Gasteiger partial charge in [-0.15, -0.1) is 0 Å². The van der Waals surface area contributed by atoms with Crippen molar-refractivity contribution in [1.29, 1.82) is 0 Å². The number of ether oxygens (including phenoxy) is 1. The highest BCUT2D eigenvalue weighted by Gasteiger charge is 2.07. The summed E-state index contributed by atoms with van der Waals surface area (Å²) >= 11 is 0. The van der Waals surface area contributed by atoms with Gasteiger partial charge in [0.2, 0.25) is 0 Å². The third kappa shape index (κ3) is 2.59. The molecule has 18 heavy (non-hydrogen) atoms. The highest BCUT2D eigenvalue weighted by Crippen LogP contribution is 2.24. The summed E-state index contributed by atoms with van der Waals surface area (Å²) in [6.07, 6.45) is 0.645. The zero-order chi connectivity index (χ0) is 13.1. The summed E-state index contributed by atoms with van der Waals surface area (Å²) in [6, 6.07) is 7.60. The van der Waals surface area contributed by atoms with Crippen LogP contribution in [0.5, 0.6) is 5.75 Å². The molecule has 0 saturated carbocycles. The zero-order valence-corrected chi connectivity index (χ0v) is 10.4. The van der Waals surface area contributed by atoms with Crippen LogP contribution < -0.4 is 4.74 Å². The van der Waals surface area contributed by atoms with Crippen LogP contribution in [0.4, 0.5) is 0 Å². The molecule has 1 aromatic heterocycles. The minimum atomic E-state index is -0.786. The molecule has 0 saturated heterocycles. The van der Waals surface area contributed by atoms with E-state index in [1.54, 1.807) is 7.11 Å². The molecule has 4 nitrogen and oxygen atoms in total. The number of carbonyl (C=O) groups is 1. The smallest absolute Gasteiger partial charge is 0.303 e. The van der Waals surface area contributed by atoms with E-state index in [1.165, 1.54) is 0 Å². The molecule has 0 spiro atoms. The Morgan fingerprint density at radius 1 is 1.39 bits per heavy atom. The van der Waals surface area contributed by atoms with Crippen LogP contribution >= 0.6 is 0 Å². The predicted molar refractivity (Wildman–Crippen MR) is 69.0 cm³/mol. The molecule has 4 heteroatoms. The van der Waals surface area contributed by atoms with E-state index in [1.807, 2.05) is 31.2 Å². The van der Waals surface area contributed by atoms with Crippen LogP contribution in [0.3, 0.4) is 0 Å². The molecular formula is C14H15NO3. The predicted octanol–water partition coefficient (Wildman–Crippen LogP) is 2.57. The average Bonchev–Trinajstić information content (AvgIpc) is 2.34. The van der Waals surface area contributed by atoms with Gasteiger partial charge in [-0.2, -0.15) is 0 Å². The average molecular weight is 245 g/mol. The maximum atomic E-state index is 10.7. The molecule has 94 valence electrons. The van der Waals surface area contributed by atoms with Crippen molar-refractivity contribution >= 4 is 16.9 Å². The first-order valence-electron chi connectivity index (χ1n) is 5.76. The Morgan fingerprint density at radius 3 is 2.83 bits per heavy atom. The fourth-order valence-electron chi connectivity index (χ4n) is 2.00. The third-order valence-corrected chi connectivity index (χ3v) is 2.84. The number of methoxy groups -OCH3 is 1. The lowest BCUT2D eigenvalue weighted by molar-refractivity contribution is -0.136. The van der Waals surface area contributed by atoms with Gasteiger partial charge in [-0.25, -0.2) is 0 Å². The maximum Gasteiger partial charge on any atom is 0.303 e. The number of aliphatic carboxylic acids is 1. The van der Waals surface area contributed by atoms with E-state index < -0.39 is 5.97 Å². The van der Waals surface area contributed by atoms with Gasteiger partial charge in [0.25, 0.3) is 0 Å². The lowest BCUT2D eigenvalue weighted by Gasteiger charge is -2.08. The van der Waals surface area contributed by atoms with Gasteiger partial charge in [-0.05, 0) is 37.1 Å². The van der Waals surface area contributed by atoms with Crippen LogP contribution in [-0.4, -0.2) is 23.2 Å². The van der Waals surface area contributed by atoms with E-state index in [-0.39, 0.29) is 6.42 Å². The van der Waals surface area contributed by atoms with Crippen LogP contribution in [0.15, 0.2) is 24.3 Å². The molecule has 1 aromatic carbocycles. The highest BCUT2D eigenvalue weighted by molar-refractivity contribution is 5.84. The second kappa shape index (κ2) is 5.04. The first-order valence-corrected chi connectivity index (χ1v) is 5.76. The first-order chi connectivity index (χ1) is 8.60. The molecule has 2 aromatic rings. The molecule has 0 bridgehead atoms. The van der Waals surface area contributed by atoms with Gasteiger partial charge in [0.15, 0.2) is 0 Å². The second-order valence-electron chi connectivity index (χ2n) is 4.20. The second-order valence-corrected chi connectivity index (χ2v) is 4.20. The molecule has 0 unspecified atom stereocenters. The Labute approximate surface area is 105 Å². The minimum Gasteiger partial charge on any atom is -0.497 e. The number of carboxylic acids is 1. The summed E-state index contributed by atoms with van der Waals surface area (Å²) < 4.78 is 5.17. The number of hydrogen-bond donors (Lipinski definition) is 1. The van der Waals surface area contributed by atoms with E-state index >= 15 is 0 Å². The van der Waals surface area contributed by atoms with E-state index in [0.717, 1.165) is 27.9 Å². The molecule has 0 fully saturated rings. The molecule has 0 aliphatic rings. The molecule has 0 amide bonds. The van der Waals surface area contributed by atoms with Gasteiger partial charge < -0.3 is 9.84 Å². The van der Waals surface area contributed by atoms with Crippen molar-refractivity contribution in [2.45, 2.75) is 19.8 Å². The van der Waals surface area contributed by atoms with Crippen LogP contribution in [0.1, 0.15) is 17.7 Å². The largest absolute Gasteiger partial charge is 0.497 e. The standard InChI is InChI=1S/C14H15NO3/c1-9-7-10(3-6-14(16)17)12-5-4-11(18-2)8-13(12)15-9/h4-5,7-8H,3,6H2,1-2H3,(H,16,17). The molecule has 1 heterocycles. The van der Waals surface area contributed by atoms with E-state index in [2.05, 4.69) is 4.98 Å². The summed E-state index contributed by atoms with van der Waals surface area (Å²) in [6.45, 7) is 1.91. The van der Waals surface area contributed by atoms with Crippen molar-refractivity contribution in [2.75, 3.05) is 7.11 Å². The highest BCUT2D eigenvalue weighted by atomic mass is 16.5. The van der Waals surface area contributed by atoms with Gasteiger partial charge in [-0.1, -0.05) is 0 Å². The topological polar surface area (TPSA) is 59.4 Å². The van der Waals surface area contributed by atoms with Crippen molar-refractivity contribution in [3.8, 4) is 5.75 Å². The lowest BCUT2D eigenvalue weighted by atomic mass is 10.0. The van der Waals surface area contributed by atoms with Crippen molar-refractivity contribution in [2.24, 2.45) is 0 Å². The third-order valence-electron chi connectivity index (χ3n) is 2.84. The Bertz CT molecular complexity index is 593. The van der Waals surface area contributed by atoms with Gasteiger partial charge in [0.05, 0.1) is 12.6 Å². The molecule has 0 aliphatic carbocycles. The first kappa shape index (κ1) is 12.4. The molecule has 0 radical (unpaired) electrons. The summed E-state index contributed by atoms with van der Waals surface area (Å²) in [4.78, 5) is 15.1. The van der Waals surface area contributed by atoms with Gasteiger partial charge in [0, 0.05) is 23.6 Å². The summed E-state index contributed by atoms with van der Waals surface area (Å²) in [5.74, 6) is -0.0316. The van der Waals surface area contributed by atoms with Gasteiger partial charge in [-0.3, -0.25) is 9.78 Å². The fraction of sp³-hybridized carbons (Fsp3) is 0.286. The summed E-state index contributed by atoms with van der Waals surface area (Å²) in [7, 11) is 1.61. The maximum absolute atomic E-state index is 10.7. The number of aromatic nitrogens is 1. The normalized spacial score (nSPS) is 10.6. The van der Waals surface area contributed by atoms with Gasteiger partial charge >= 0.3 is 5.97 Å². The van der Waals surface area contributed by atoms with Crippen LogP contribution in [0, 0.1) is 6.92 Å². The fourth-order valence-corrected chi connectivity index (χ4v) is 2.00. The van der Waals surface area contributed by atoms with E-state index in [9.17, 15) is 4.79 Å². The Balaban J connectivity index is 2.48. The Kier molecular flexibility index (Phi) is 3.46. The van der Waals surface area contributed by atoms with Crippen LogP contribution in [-0.2, 0) is 11.2 Å². The van der Waals surface area contributed by atoms with Crippen molar-refractivity contribution in [3.63, 3.8) is 0 Å². The van der Waals surface area contributed by atoms with Crippen LogP contribution in [0.25, 0.3) is 10.9 Å². The summed E-state index contributed by atoms with van der Waals surface area (Å²) in [5, 5.41) is 9.75. The molecule has 1 N–H and O–H groups in total. The number of aryl methyl sites for hydroxylation is 2. The van der Waals surface area contributed by atoms with Crippen LogP contribution in [0.2, 0.25) is 0 Å². The van der Waals surface area contributed by atoms with Gasteiger partial charge in [0.1, 0.15) is 5.75 Å². The molecule has 0 atom stereocenters. The van der Waals surface area contributed by atoms with Crippen molar-refractivity contribution < 1.29 is 14.6 Å². The van der Waals surface area contributed by atoms with E-state index in [0.29, 0.717) is 6.42 Å². The van der Waals surface area contributed by atoms with E-state index in [4.69, 9.17) is 9.84 Å². The monoisotopic (exact) mass is 245 g/mol. The number of pyridine rings is 1. The number of rotatable bonds is 4. The quantitative estimate of drug-likeness (QED) is 0.899. The van der Waals surface area contributed by atoms with Crippen molar-refractivity contribution in [3.05, 3.63) is 35.5 Å². The lowest BCUT2D eigenvalue weighted by Crippen LogP contribution is -1.99. The zero-order valence-electron chi connectivity index (χ0n) is 10.4. The Morgan fingerprint density at radius 2 is 2.17 bits per heavy atom. The Hall–Kier alpha value is -2.10. The SMILES string of the molecule is COc1ccc2c(CCC(=O)O)cc(C)nc2c1. The molecule has 2 rings (SSSR count). The number of hydrogen-bond acceptors (Lipinski definition) is 3. The number of benzene rings is 1. The summed E-state index contributed by atoms with van der Waals surface area (Å²) in [5.41, 5.74) is 2.74. The number of carboxylic acid groups (broad SMARTS) is 1. The minimum absolute atomic E-state index is 0.130. The number of nitrogens with zero attached hydrogens (tertiary/aromatic N) is 1. The molecule has 0 aliphatic heterocycles. The number of fused-ring (bicyclic) bond motifs is 1.